The fourth-order valence-electron chi connectivity index (χ4n) is 3.93. The minimum atomic E-state index is -4.34. The Labute approximate surface area is 132 Å². The molecule has 3 unspecified atom stereocenters. The second kappa shape index (κ2) is 6.72. The molecular formula is C14H22F3N5O. The van der Waals surface area contributed by atoms with Crippen molar-refractivity contribution in [3.63, 3.8) is 0 Å². The Hall–Kier alpha value is -1.22. The van der Waals surface area contributed by atoms with Gasteiger partial charge in [-0.25, -0.2) is 4.68 Å². The van der Waals surface area contributed by atoms with Crippen molar-refractivity contribution in [3.05, 3.63) is 5.82 Å². The number of aliphatic hydroxyl groups excluding tert-OH is 1. The molecular weight excluding hydrogens is 311 g/mol. The molecule has 2 aliphatic rings. The Morgan fingerprint density at radius 2 is 1.91 bits per heavy atom. The van der Waals surface area contributed by atoms with E-state index in [4.69, 9.17) is 0 Å². The van der Waals surface area contributed by atoms with Crippen LogP contribution in [-0.4, -0.2) is 55.1 Å². The van der Waals surface area contributed by atoms with Crippen LogP contribution in [0.2, 0.25) is 0 Å². The second-order valence-electron chi connectivity index (χ2n) is 6.56. The highest BCUT2D eigenvalue weighted by Gasteiger charge is 2.38. The van der Waals surface area contributed by atoms with E-state index in [1.54, 1.807) is 0 Å². The Morgan fingerprint density at radius 1 is 1.13 bits per heavy atom. The van der Waals surface area contributed by atoms with Crippen molar-refractivity contribution < 1.29 is 18.3 Å². The number of tetrazole rings is 1. The van der Waals surface area contributed by atoms with Crippen molar-refractivity contribution in [1.82, 2.24) is 25.1 Å². The molecule has 1 aromatic heterocycles. The summed E-state index contributed by atoms with van der Waals surface area (Å²) in [6.45, 7) is -0.0520. The highest BCUT2D eigenvalue weighted by Crippen LogP contribution is 2.35. The molecule has 130 valence electrons. The van der Waals surface area contributed by atoms with Crippen LogP contribution in [0.5, 0.6) is 0 Å². The van der Waals surface area contributed by atoms with Crippen LogP contribution in [0, 0.1) is 5.92 Å². The van der Waals surface area contributed by atoms with Gasteiger partial charge in [0, 0.05) is 12.0 Å². The molecule has 1 N–H and O–H groups in total. The number of hydrogen-bond acceptors (Lipinski definition) is 5. The van der Waals surface area contributed by atoms with Crippen LogP contribution < -0.4 is 0 Å². The average molecular weight is 333 g/mol. The maximum absolute atomic E-state index is 12.6. The van der Waals surface area contributed by atoms with Crippen LogP contribution in [0.4, 0.5) is 13.2 Å². The van der Waals surface area contributed by atoms with Gasteiger partial charge in [-0.1, -0.05) is 12.8 Å². The van der Waals surface area contributed by atoms with Crippen molar-refractivity contribution in [3.8, 4) is 0 Å². The van der Waals surface area contributed by atoms with Gasteiger partial charge in [-0.2, -0.15) is 13.2 Å². The van der Waals surface area contributed by atoms with Crippen LogP contribution in [0.1, 0.15) is 44.3 Å². The van der Waals surface area contributed by atoms with Crippen LogP contribution in [0.15, 0.2) is 0 Å². The summed E-state index contributed by atoms with van der Waals surface area (Å²) in [7, 11) is 0. The number of likely N-dealkylation sites (tertiary alicyclic amines) is 1. The lowest BCUT2D eigenvalue weighted by atomic mass is 9.80. The van der Waals surface area contributed by atoms with Gasteiger partial charge in [-0.05, 0) is 42.7 Å². The topological polar surface area (TPSA) is 67.1 Å². The van der Waals surface area contributed by atoms with Gasteiger partial charge < -0.3 is 5.11 Å². The molecule has 1 aliphatic heterocycles. The summed E-state index contributed by atoms with van der Waals surface area (Å²) in [5, 5.41) is 20.9. The van der Waals surface area contributed by atoms with E-state index in [-0.39, 0.29) is 23.9 Å². The molecule has 1 aliphatic carbocycles. The van der Waals surface area contributed by atoms with Gasteiger partial charge in [-0.3, -0.25) is 4.90 Å². The Balaban J connectivity index is 1.68. The lowest BCUT2D eigenvalue weighted by Gasteiger charge is -2.37. The summed E-state index contributed by atoms with van der Waals surface area (Å²) in [6.07, 6.45) is 1.29. The summed E-state index contributed by atoms with van der Waals surface area (Å²) in [6, 6.07) is 0.210. The molecule has 1 aromatic rings. The third-order valence-corrected chi connectivity index (χ3v) is 4.97. The SMILES string of the molecule is OC1CCCCC1C1CCCN1Cc1nnnn1CC(F)(F)F. The number of alkyl halides is 3. The number of aliphatic hydroxyl groups is 1. The normalized spacial score (nSPS) is 30.0. The summed E-state index contributed by atoms with van der Waals surface area (Å²) < 4.78 is 38.5. The minimum Gasteiger partial charge on any atom is -0.393 e. The van der Waals surface area contributed by atoms with Crippen molar-refractivity contribution in [2.75, 3.05) is 6.54 Å². The maximum atomic E-state index is 12.6. The zero-order chi connectivity index (χ0) is 16.4. The first-order valence-corrected chi connectivity index (χ1v) is 8.18. The van der Waals surface area contributed by atoms with Crippen molar-refractivity contribution >= 4 is 0 Å². The van der Waals surface area contributed by atoms with E-state index in [1.165, 1.54) is 0 Å². The molecule has 3 rings (SSSR count). The number of hydrogen-bond donors (Lipinski definition) is 1. The fraction of sp³-hybridized carbons (Fsp3) is 0.929. The highest BCUT2D eigenvalue weighted by atomic mass is 19.4. The molecule has 6 nitrogen and oxygen atoms in total. The van der Waals surface area contributed by atoms with Gasteiger partial charge in [0.1, 0.15) is 6.54 Å². The molecule has 0 bridgehead atoms. The second-order valence-corrected chi connectivity index (χ2v) is 6.56. The standard InChI is InChI=1S/C14H22F3N5O/c15-14(16,17)9-22-13(18-19-20-22)8-21-7-3-5-11(21)10-4-1-2-6-12(10)23/h10-12,23H,1-9H2. The smallest absolute Gasteiger partial charge is 0.393 e. The van der Waals surface area contributed by atoms with Gasteiger partial charge in [0.15, 0.2) is 5.82 Å². The largest absolute Gasteiger partial charge is 0.408 e. The third-order valence-electron chi connectivity index (χ3n) is 4.97. The lowest BCUT2D eigenvalue weighted by Crippen LogP contribution is -2.42. The number of rotatable bonds is 4. The quantitative estimate of drug-likeness (QED) is 0.909. The van der Waals surface area contributed by atoms with E-state index in [9.17, 15) is 18.3 Å². The number of aromatic nitrogens is 4. The molecule has 23 heavy (non-hydrogen) atoms. The predicted molar refractivity (Wildman–Crippen MR) is 75.3 cm³/mol. The Morgan fingerprint density at radius 3 is 2.65 bits per heavy atom. The van der Waals surface area contributed by atoms with Gasteiger partial charge in [0.2, 0.25) is 0 Å². The Bertz CT molecular complexity index is 521. The first-order valence-electron chi connectivity index (χ1n) is 8.18. The lowest BCUT2D eigenvalue weighted by molar-refractivity contribution is -0.143. The summed E-state index contributed by atoms with van der Waals surface area (Å²) in [5.74, 6) is 0.442. The molecule has 0 aromatic carbocycles. The minimum absolute atomic E-state index is 0.207. The first-order chi connectivity index (χ1) is 10.9. The monoisotopic (exact) mass is 333 g/mol. The maximum Gasteiger partial charge on any atom is 0.408 e. The Kier molecular flexibility index (Phi) is 4.86. The molecule has 2 heterocycles. The number of nitrogens with zero attached hydrogens (tertiary/aromatic N) is 5. The summed E-state index contributed by atoms with van der Waals surface area (Å²) in [5.41, 5.74) is 0. The first kappa shape index (κ1) is 16.6. The fourth-order valence-corrected chi connectivity index (χ4v) is 3.93. The van der Waals surface area contributed by atoms with E-state index in [0.29, 0.717) is 6.54 Å². The molecule has 0 spiro atoms. The van der Waals surface area contributed by atoms with Crippen LogP contribution >= 0.6 is 0 Å². The van der Waals surface area contributed by atoms with E-state index in [0.717, 1.165) is 49.8 Å². The van der Waals surface area contributed by atoms with E-state index >= 15 is 0 Å². The third kappa shape index (κ3) is 4.00. The highest BCUT2D eigenvalue weighted by molar-refractivity contribution is 4.93. The van der Waals surface area contributed by atoms with E-state index in [2.05, 4.69) is 20.4 Å². The van der Waals surface area contributed by atoms with Crippen molar-refractivity contribution in [2.45, 2.75) is 69.9 Å². The average Bonchev–Trinajstić information content (AvgIpc) is 3.09. The molecule has 1 saturated heterocycles. The van der Waals surface area contributed by atoms with E-state index < -0.39 is 12.7 Å². The molecule has 0 radical (unpaired) electrons. The van der Waals surface area contributed by atoms with Gasteiger partial charge >= 0.3 is 6.18 Å². The number of halogens is 3. The zero-order valence-electron chi connectivity index (χ0n) is 12.9. The van der Waals surface area contributed by atoms with Crippen LogP contribution in [0.25, 0.3) is 0 Å². The van der Waals surface area contributed by atoms with Gasteiger partial charge in [0.05, 0.1) is 12.6 Å². The van der Waals surface area contributed by atoms with E-state index in [1.807, 2.05) is 0 Å². The summed E-state index contributed by atoms with van der Waals surface area (Å²) in [4.78, 5) is 2.14. The molecule has 3 atom stereocenters. The van der Waals surface area contributed by atoms with Crippen LogP contribution in [-0.2, 0) is 13.1 Å². The summed E-state index contributed by atoms with van der Waals surface area (Å²) >= 11 is 0. The van der Waals surface area contributed by atoms with Crippen molar-refractivity contribution in [1.29, 1.82) is 0 Å². The molecule has 0 amide bonds. The predicted octanol–water partition coefficient (Wildman–Crippen LogP) is 1.75. The van der Waals surface area contributed by atoms with Crippen LogP contribution in [0.3, 0.4) is 0 Å². The van der Waals surface area contributed by atoms with Gasteiger partial charge in [-0.15, -0.1) is 5.10 Å². The molecule has 9 heteroatoms. The van der Waals surface area contributed by atoms with Crippen molar-refractivity contribution in [2.24, 2.45) is 5.92 Å². The molecule has 2 fully saturated rings. The van der Waals surface area contributed by atoms with Gasteiger partial charge in [0.25, 0.3) is 0 Å². The zero-order valence-corrected chi connectivity index (χ0v) is 12.9. The molecule has 1 saturated carbocycles.